The van der Waals surface area contributed by atoms with E-state index in [-0.39, 0.29) is 0 Å². The summed E-state index contributed by atoms with van der Waals surface area (Å²) in [5.74, 6) is 0.472. The molecule has 1 radical (unpaired) electrons. The Balaban J connectivity index is 2.35. The number of rotatable bonds is 1. The SMILES string of the molecule is ClC(Cl)C1=Nc2ccccc2[N]1. The molecule has 0 aromatic heterocycles. The van der Waals surface area contributed by atoms with Gasteiger partial charge in [0, 0.05) is 0 Å². The van der Waals surface area contributed by atoms with Crippen LogP contribution in [0.5, 0.6) is 0 Å². The summed E-state index contributed by atoms with van der Waals surface area (Å²) in [6, 6.07) is 7.56. The topological polar surface area (TPSA) is 26.5 Å². The van der Waals surface area contributed by atoms with Crippen LogP contribution in [0.4, 0.5) is 11.4 Å². The van der Waals surface area contributed by atoms with Gasteiger partial charge in [0.1, 0.15) is 0 Å². The Morgan fingerprint density at radius 2 is 1.75 bits per heavy atom. The molecule has 1 aliphatic rings. The van der Waals surface area contributed by atoms with Crippen molar-refractivity contribution in [2.75, 3.05) is 0 Å². The molecule has 1 aliphatic heterocycles. The third-order valence-corrected chi connectivity index (χ3v) is 1.94. The van der Waals surface area contributed by atoms with Gasteiger partial charge in [-0.25, -0.2) is 10.3 Å². The number of hydrogen-bond donors (Lipinski definition) is 0. The molecule has 0 unspecified atom stereocenters. The molecule has 0 spiro atoms. The lowest BCUT2D eigenvalue weighted by Gasteiger charge is -1.97. The maximum Gasteiger partial charge on any atom is 0.167 e. The van der Waals surface area contributed by atoms with E-state index in [1.54, 1.807) is 0 Å². The summed E-state index contributed by atoms with van der Waals surface area (Å²) in [7, 11) is 0. The Morgan fingerprint density at radius 1 is 1.08 bits per heavy atom. The molecule has 0 fully saturated rings. The van der Waals surface area contributed by atoms with Gasteiger partial charge in [0.25, 0.3) is 0 Å². The van der Waals surface area contributed by atoms with Gasteiger partial charge in [-0.3, -0.25) is 0 Å². The van der Waals surface area contributed by atoms with Crippen LogP contribution in [0.25, 0.3) is 0 Å². The molecule has 0 amide bonds. The zero-order chi connectivity index (χ0) is 8.55. The van der Waals surface area contributed by atoms with Crippen molar-refractivity contribution in [1.82, 2.24) is 5.32 Å². The van der Waals surface area contributed by atoms with E-state index in [1.165, 1.54) is 0 Å². The van der Waals surface area contributed by atoms with E-state index in [0.29, 0.717) is 5.84 Å². The molecule has 2 nitrogen and oxygen atoms in total. The molecule has 0 bridgehead atoms. The van der Waals surface area contributed by atoms with Crippen LogP contribution in [0.15, 0.2) is 29.3 Å². The van der Waals surface area contributed by atoms with Gasteiger partial charge in [0.2, 0.25) is 0 Å². The highest BCUT2D eigenvalue weighted by Crippen LogP contribution is 2.31. The van der Waals surface area contributed by atoms with Gasteiger partial charge in [0.05, 0.1) is 11.4 Å². The second-order valence-corrected chi connectivity index (χ2v) is 3.47. The third kappa shape index (κ3) is 1.28. The van der Waals surface area contributed by atoms with E-state index in [1.807, 2.05) is 24.3 Å². The first kappa shape index (κ1) is 7.90. The summed E-state index contributed by atoms with van der Waals surface area (Å²) in [5.41, 5.74) is 1.66. The van der Waals surface area contributed by atoms with Crippen molar-refractivity contribution >= 4 is 40.4 Å². The van der Waals surface area contributed by atoms with Gasteiger partial charge in [0.15, 0.2) is 10.7 Å². The van der Waals surface area contributed by atoms with Crippen molar-refractivity contribution in [1.29, 1.82) is 0 Å². The number of fused-ring (bicyclic) bond motifs is 1. The van der Waals surface area contributed by atoms with Gasteiger partial charge in [-0.15, -0.1) is 0 Å². The summed E-state index contributed by atoms with van der Waals surface area (Å²) >= 11 is 11.2. The molecule has 61 valence electrons. The number of alkyl halides is 2. The fourth-order valence-electron chi connectivity index (χ4n) is 1.02. The third-order valence-electron chi connectivity index (χ3n) is 1.55. The summed E-state index contributed by atoms with van der Waals surface area (Å²) in [6.45, 7) is 0. The fraction of sp³-hybridized carbons (Fsp3) is 0.125. The Kier molecular flexibility index (Phi) is 1.95. The molecule has 12 heavy (non-hydrogen) atoms. The Bertz CT molecular complexity index is 334. The first-order valence-electron chi connectivity index (χ1n) is 3.45. The fourth-order valence-corrected chi connectivity index (χ4v) is 1.22. The molecular formula is C8H5Cl2N2. The average Bonchev–Trinajstić information content (AvgIpc) is 2.46. The standard InChI is InChI=1S/C8H5Cl2N2/c9-7(10)8-11-5-3-1-2-4-6(5)12-8/h1-4,7H. The molecular weight excluding hydrogens is 195 g/mol. The van der Waals surface area contributed by atoms with Gasteiger partial charge >= 0.3 is 0 Å². The largest absolute Gasteiger partial charge is 0.228 e. The van der Waals surface area contributed by atoms with E-state index in [4.69, 9.17) is 23.2 Å². The van der Waals surface area contributed by atoms with E-state index >= 15 is 0 Å². The van der Waals surface area contributed by atoms with Crippen LogP contribution >= 0.6 is 23.2 Å². The van der Waals surface area contributed by atoms with E-state index in [0.717, 1.165) is 11.4 Å². The Hall–Kier alpha value is -0.730. The molecule has 2 rings (SSSR count). The molecule has 0 saturated heterocycles. The van der Waals surface area contributed by atoms with Gasteiger partial charge in [-0.2, -0.15) is 0 Å². The van der Waals surface area contributed by atoms with Crippen molar-refractivity contribution in [3.63, 3.8) is 0 Å². The van der Waals surface area contributed by atoms with Crippen molar-refractivity contribution in [2.45, 2.75) is 4.84 Å². The zero-order valence-corrected chi connectivity index (χ0v) is 7.55. The number of benzene rings is 1. The summed E-state index contributed by atoms with van der Waals surface area (Å²) in [6.07, 6.45) is 0. The van der Waals surface area contributed by atoms with Crippen molar-refractivity contribution in [3.8, 4) is 0 Å². The summed E-state index contributed by atoms with van der Waals surface area (Å²) < 4.78 is 0. The van der Waals surface area contributed by atoms with Crippen LogP contribution in [0.2, 0.25) is 0 Å². The lowest BCUT2D eigenvalue weighted by atomic mass is 10.3. The minimum absolute atomic E-state index is 0.472. The smallest absolute Gasteiger partial charge is 0.167 e. The number of halogens is 2. The highest BCUT2D eigenvalue weighted by molar-refractivity contribution is 6.54. The van der Waals surface area contributed by atoms with Crippen LogP contribution in [-0.2, 0) is 0 Å². The highest BCUT2D eigenvalue weighted by atomic mass is 35.5. The number of nitrogens with zero attached hydrogens (tertiary/aromatic N) is 2. The van der Waals surface area contributed by atoms with Gasteiger partial charge < -0.3 is 0 Å². The maximum absolute atomic E-state index is 5.62. The van der Waals surface area contributed by atoms with E-state index in [9.17, 15) is 0 Å². The molecule has 0 saturated carbocycles. The Morgan fingerprint density at radius 3 is 2.33 bits per heavy atom. The normalized spacial score (nSPS) is 14.1. The lowest BCUT2D eigenvalue weighted by Crippen LogP contribution is -2.14. The average molecular weight is 200 g/mol. The number of para-hydroxylation sites is 2. The minimum atomic E-state index is -0.641. The maximum atomic E-state index is 5.62. The van der Waals surface area contributed by atoms with E-state index < -0.39 is 4.84 Å². The quantitative estimate of drug-likeness (QED) is 0.623. The van der Waals surface area contributed by atoms with Crippen LogP contribution in [0, 0.1) is 0 Å². The lowest BCUT2D eigenvalue weighted by molar-refractivity contribution is 1.28. The van der Waals surface area contributed by atoms with E-state index in [2.05, 4.69) is 10.3 Å². The molecule has 1 aromatic carbocycles. The Labute approximate surface area is 80.2 Å². The second kappa shape index (κ2) is 2.96. The van der Waals surface area contributed by atoms with Crippen molar-refractivity contribution in [2.24, 2.45) is 4.99 Å². The molecule has 1 aromatic rings. The monoisotopic (exact) mass is 199 g/mol. The highest BCUT2D eigenvalue weighted by Gasteiger charge is 2.19. The molecule has 0 N–H and O–H groups in total. The van der Waals surface area contributed by atoms with Gasteiger partial charge in [-0.05, 0) is 12.1 Å². The summed E-state index contributed by atoms with van der Waals surface area (Å²) in [4.78, 5) is 3.50. The molecule has 0 atom stereocenters. The molecule has 1 heterocycles. The first-order chi connectivity index (χ1) is 5.77. The predicted octanol–water partition coefficient (Wildman–Crippen LogP) is 2.77. The second-order valence-electron chi connectivity index (χ2n) is 2.37. The van der Waals surface area contributed by atoms with Crippen LogP contribution < -0.4 is 5.32 Å². The first-order valence-corrected chi connectivity index (χ1v) is 4.32. The predicted molar refractivity (Wildman–Crippen MR) is 50.8 cm³/mol. The van der Waals surface area contributed by atoms with Crippen LogP contribution in [0.3, 0.4) is 0 Å². The summed E-state index contributed by atoms with van der Waals surface area (Å²) in [5, 5.41) is 4.14. The molecule has 4 heteroatoms. The van der Waals surface area contributed by atoms with Crippen LogP contribution in [-0.4, -0.2) is 10.7 Å². The van der Waals surface area contributed by atoms with Crippen molar-refractivity contribution in [3.05, 3.63) is 24.3 Å². The minimum Gasteiger partial charge on any atom is -0.228 e. The zero-order valence-electron chi connectivity index (χ0n) is 6.04. The van der Waals surface area contributed by atoms with Gasteiger partial charge in [-0.1, -0.05) is 35.3 Å². The molecule has 0 aliphatic carbocycles. The number of amidine groups is 1. The number of hydrogen-bond acceptors (Lipinski definition) is 1. The van der Waals surface area contributed by atoms with Crippen LogP contribution in [0.1, 0.15) is 0 Å². The van der Waals surface area contributed by atoms with Crippen molar-refractivity contribution < 1.29 is 0 Å². The number of aliphatic imine (C=N–C) groups is 1.